The van der Waals surface area contributed by atoms with Crippen molar-refractivity contribution >= 4 is 11.9 Å². The predicted octanol–water partition coefficient (Wildman–Crippen LogP) is 1.22. The molecule has 8 heteroatoms. The topological polar surface area (TPSA) is 99.2 Å². The Morgan fingerprint density at radius 2 is 1.88 bits per heavy atom. The van der Waals surface area contributed by atoms with Gasteiger partial charge in [0.15, 0.2) is 0 Å². The number of hydrogen-bond donors (Lipinski definition) is 1. The molecule has 3 heterocycles. The number of tetrazole rings is 1. The molecule has 0 aliphatic carbocycles. The molecule has 0 bridgehead atoms. The van der Waals surface area contributed by atoms with Crippen molar-refractivity contribution in [1.29, 1.82) is 0 Å². The number of primary amides is 1. The summed E-state index contributed by atoms with van der Waals surface area (Å²) < 4.78 is 7.64. The van der Waals surface area contributed by atoms with E-state index in [4.69, 9.17) is 10.5 Å². The molecule has 0 spiro atoms. The number of carbonyl (C=O) groups excluding carboxylic acids is 1. The molecule has 1 aromatic heterocycles. The van der Waals surface area contributed by atoms with E-state index in [-0.39, 0.29) is 12.0 Å². The molecule has 8 nitrogen and oxygen atoms in total. The highest BCUT2D eigenvalue weighted by Crippen LogP contribution is 2.32. The maximum absolute atomic E-state index is 11.3. The number of aryl methyl sites for hydroxylation is 1. The summed E-state index contributed by atoms with van der Waals surface area (Å²) in [7, 11) is 0. The summed E-state index contributed by atoms with van der Waals surface area (Å²) in [6.45, 7) is 3.80. The highest BCUT2D eigenvalue weighted by Gasteiger charge is 2.36. The van der Waals surface area contributed by atoms with Crippen molar-refractivity contribution in [3.63, 3.8) is 0 Å². The standard InChI is InChI=1S/C18H24N6O2/c1-12-2-4-14(5-3-12)24-18(20-21-22-24)23-10-8-13(9-11-23)15-6-7-16(26-15)17(19)25/h2-5,13,15-16H,6-11H2,1H3,(H2,19,25)/t15-,16+/m0/s1. The number of anilines is 1. The predicted molar refractivity (Wildman–Crippen MR) is 95.9 cm³/mol. The van der Waals surface area contributed by atoms with E-state index in [1.807, 2.05) is 12.1 Å². The van der Waals surface area contributed by atoms with E-state index >= 15 is 0 Å². The number of amides is 1. The molecule has 138 valence electrons. The fraction of sp³-hybridized carbons (Fsp3) is 0.556. The van der Waals surface area contributed by atoms with Crippen LogP contribution in [0.4, 0.5) is 5.95 Å². The lowest BCUT2D eigenvalue weighted by Crippen LogP contribution is -2.39. The summed E-state index contributed by atoms with van der Waals surface area (Å²) in [4.78, 5) is 13.5. The Kier molecular flexibility index (Phi) is 4.58. The van der Waals surface area contributed by atoms with Crippen LogP contribution in [0.2, 0.25) is 0 Å². The monoisotopic (exact) mass is 356 g/mol. The number of piperidine rings is 1. The van der Waals surface area contributed by atoms with Crippen molar-refractivity contribution in [3.05, 3.63) is 29.8 Å². The fourth-order valence-electron chi connectivity index (χ4n) is 3.92. The summed E-state index contributed by atoms with van der Waals surface area (Å²) in [5, 5.41) is 12.3. The van der Waals surface area contributed by atoms with Gasteiger partial charge in [0, 0.05) is 13.1 Å². The van der Waals surface area contributed by atoms with Crippen LogP contribution in [-0.2, 0) is 9.53 Å². The third-order valence-electron chi connectivity index (χ3n) is 5.45. The van der Waals surface area contributed by atoms with Crippen LogP contribution in [0.25, 0.3) is 5.69 Å². The third-order valence-corrected chi connectivity index (χ3v) is 5.45. The first-order valence-electron chi connectivity index (χ1n) is 9.17. The minimum atomic E-state index is -0.410. The average Bonchev–Trinajstić information content (AvgIpc) is 3.32. The first-order chi connectivity index (χ1) is 12.6. The SMILES string of the molecule is Cc1ccc(-n2nnnc2N2CCC([C@@H]3CC[C@H](C(N)=O)O3)CC2)cc1. The van der Waals surface area contributed by atoms with E-state index < -0.39 is 6.10 Å². The van der Waals surface area contributed by atoms with Gasteiger partial charge in [-0.3, -0.25) is 4.79 Å². The molecule has 2 fully saturated rings. The van der Waals surface area contributed by atoms with Crippen LogP contribution in [0.1, 0.15) is 31.2 Å². The molecule has 2 aromatic rings. The molecule has 2 saturated heterocycles. The van der Waals surface area contributed by atoms with E-state index in [0.29, 0.717) is 5.92 Å². The van der Waals surface area contributed by atoms with E-state index in [1.165, 1.54) is 5.56 Å². The van der Waals surface area contributed by atoms with Gasteiger partial charge in [-0.05, 0) is 61.1 Å². The van der Waals surface area contributed by atoms with Crippen LogP contribution in [0.5, 0.6) is 0 Å². The Morgan fingerprint density at radius 3 is 2.54 bits per heavy atom. The van der Waals surface area contributed by atoms with Crippen molar-refractivity contribution in [1.82, 2.24) is 20.2 Å². The smallest absolute Gasteiger partial charge is 0.250 e. The van der Waals surface area contributed by atoms with E-state index in [9.17, 15) is 4.79 Å². The molecule has 2 atom stereocenters. The van der Waals surface area contributed by atoms with E-state index in [1.54, 1.807) is 4.68 Å². The van der Waals surface area contributed by atoms with Crippen LogP contribution in [0.15, 0.2) is 24.3 Å². The number of rotatable bonds is 4. The van der Waals surface area contributed by atoms with Gasteiger partial charge in [-0.25, -0.2) is 0 Å². The van der Waals surface area contributed by atoms with Crippen molar-refractivity contribution in [2.45, 2.75) is 44.8 Å². The summed E-state index contributed by atoms with van der Waals surface area (Å²) in [5.74, 6) is 0.885. The summed E-state index contributed by atoms with van der Waals surface area (Å²) >= 11 is 0. The molecule has 1 amide bonds. The zero-order chi connectivity index (χ0) is 18.1. The second-order valence-electron chi connectivity index (χ2n) is 7.19. The van der Waals surface area contributed by atoms with Crippen LogP contribution in [0, 0.1) is 12.8 Å². The van der Waals surface area contributed by atoms with Crippen LogP contribution >= 0.6 is 0 Å². The molecular formula is C18H24N6O2. The number of carbonyl (C=O) groups is 1. The van der Waals surface area contributed by atoms with Gasteiger partial charge >= 0.3 is 0 Å². The second kappa shape index (κ2) is 7.03. The minimum Gasteiger partial charge on any atom is -0.367 e. The normalized spacial score (nSPS) is 24.1. The Morgan fingerprint density at radius 1 is 1.15 bits per heavy atom. The molecule has 1 aromatic carbocycles. The number of aromatic nitrogens is 4. The van der Waals surface area contributed by atoms with Crippen LogP contribution in [-0.4, -0.2) is 51.4 Å². The minimum absolute atomic E-state index is 0.141. The lowest BCUT2D eigenvalue weighted by molar-refractivity contribution is -0.130. The molecule has 0 unspecified atom stereocenters. The average molecular weight is 356 g/mol. The van der Waals surface area contributed by atoms with Crippen molar-refractivity contribution < 1.29 is 9.53 Å². The lowest BCUT2D eigenvalue weighted by Gasteiger charge is -2.34. The second-order valence-corrected chi connectivity index (χ2v) is 7.19. The Balaban J connectivity index is 1.41. The number of nitrogens with two attached hydrogens (primary N) is 1. The first-order valence-corrected chi connectivity index (χ1v) is 9.17. The zero-order valence-corrected chi connectivity index (χ0v) is 14.9. The number of ether oxygens (including phenoxy) is 1. The molecule has 0 saturated carbocycles. The zero-order valence-electron chi connectivity index (χ0n) is 14.9. The fourth-order valence-corrected chi connectivity index (χ4v) is 3.92. The molecule has 0 radical (unpaired) electrons. The van der Waals surface area contributed by atoms with Gasteiger partial charge < -0.3 is 15.4 Å². The van der Waals surface area contributed by atoms with Gasteiger partial charge in [-0.2, -0.15) is 4.68 Å². The summed E-state index contributed by atoms with van der Waals surface area (Å²) in [6.07, 6.45) is 3.38. The maximum Gasteiger partial charge on any atom is 0.250 e. The Bertz CT molecular complexity index is 766. The van der Waals surface area contributed by atoms with Crippen LogP contribution in [0.3, 0.4) is 0 Å². The molecule has 2 aliphatic heterocycles. The van der Waals surface area contributed by atoms with E-state index in [2.05, 4.69) is 39.5 Å². The first kappa shape index (κ1) is 17.0. The molecule has 2 N–H and O–H groups in total. The van der Waals surface area contributed by atoms with Gasteiger partial charge in [0.2, 0.25) is 11.9 Å². The highest BCUT2D eigenvalue weighted by atomic mass is 16.5. The van der Waals surface area contributed by atoms with Crippen LogP contribution < -0.4 is 10.6 Å². The van der Waals surface area contributed by atoms with E-state index in [0.717, 1.165) is 50.4 Å². The highest BCUT2D eigenvalue weighted by molar-refractivity contribution is 5.79. The molecule has 2 aliphatic rings. The Labute approximate surface area is 152 Å². The number of nitrogens with zero attached hydrogens (tertiary/aromatic N) is 5. The Hall–Kier alpha value is -2.48. The quantitative estimate of drug-likeness (QED) is 0.884. The van der Waals surface area contributed by atoms with Gasteiger partial charge in [-0.15, -0.1) is 0 Å². The lowest BCUT2D eigenvalue weighted by atomic mass is 9.90. The van der Waals surface area contributed by atoms with Crippen molar-refractivity contribution in [2.24, 2.45) is 11.7 Å². The van der Waals surface area contributed by atoms with Gasteiger partial charge in [0.05, 0.1) is 11.8 Å². The van der Waals surface area contributed by atoms with Gasteiger partial charge in [-0.1, -0.05) is 22.8 Å². The molecule has 4 rings (SSSR count). The van der Waals surface area contributed by atoms with Gasteiger partial charge in [0.1, 0.15) is 6.10 Å². The third kappa shape index (κ3) is 3.29. The molecule has 26 heavy (non-hydrogen) atoms. The maximum atomic E-state index is 11.3. The van der Waals surface area contributed by atoms with Crippen molar-refractivity contribution in [2.75, 3.05) is 18.0 Å². The largest absolute Gasteiger partial charge is 0.367 e. The van der Waals surface area contributed by atoms with Crippen molar-refractivity contribution in [3.8, 4) is 5.69 Å². The molecular weight excluding hydrogens is 332 g/mol. The summed E-state index contributed by atoms with van der Waals surface area (Å²) in [6, 6.07) is 8.16. The number of benzene rings is 1. The number of hydrogen-bond acceptors (Lipinski definition) is 6. The van der Waals surface area contributed by atoms with Gasteiger partial charge in [0.25, 0.3) is 0 Å². The summed E-state index contributed by atoms with van der Waals surface area (Å²) in [5.41, 5.74) is 7.52.